The van der Waals surface area contributed by atoms with Crippen molar-refractivity contribution in [1.82, 2.24) is 0 Å². The summed E-state index contributed by atoms with van der Waals surface area (Å²) in [5.41, 5.74) is 0. The van der Waals surface area contributed by atoms with E-state index in [2.05, 4.69) is 0 Å². The first kappa shape index (κ1) is 10.4. The summed E-state index contributed by atoms with van der Waals surface area (Å²) in [5.74, 6) is 1.56. The maximum Gasteiger partial charge on any atom is 0.188 e. The van der Waals surface area contributed by atoms with Crippen molar-refractivity contribution in [2.24, 2.45) is 11.8 Å². The van der Waals surface area contributed by atoms with E-state index in [9.17, 15) is 5.11 Å². The van der Waals surface area contributed by atoms with Gasteiger partial charge < -0.3 is 4.74 Å². The number of fused-ring (bicyclic) bond motifs is 1. The Morgan fingerprint density at radius 2 is 1.79 bits per heavy atom. The van der Waals surface area contributed by atoms with Crippen molar-refractivity contribution in [3.63, 3.8) is 0 Å². The molecule has 2 aliphatic rings. The van der Waals surface area contributed by atoms with Crippen LogP contribution in [0.2, 0.25) is 0 Å². The average Bonchev–Trinajstić information content (AvgIpc) is 2.18. The van der Waals surface area contributed by atoms with Crippen molar-refractivity contribution < 1.29 is 9.84 Å². The number of ether oxygens (including phenoxy) is 1. The zero-order valence-corrected chi connectivity index (χ0v) is 9.08. The predicted molar refractivity (Wildman–Crippen MR) is 54.3 cm³/mol. The van der Waals surface area contributed by atoms with E-state index >= 15 is 0 Å². The van der Waals surface area contributed by atoms with E-state index in [-0.39, 0.29) is 6.10 Å². The third-order valence-corrected chi connectivity index (χ3v) is 3.88. The molecule has 2 fully saturated rings. The number of rotatable bonds is 2. The van der Waals surface area contributed by atoms with Crippen LogP contribution in [0.4, 0.5) is 0 Å². The van der Waals surface area contributed by atoms with Gasteiger partial charge in [-0.2, -0.15) is 0 Å². The molecule has 0 aromatic rings. The molecule has 0 bridgehead atoms. The SMILES string of the molecule is CC([O])OC1CCCC2CCCCC21. The third kappa shape index (κ3) is 2.29. The second-order valence-electron chi connectivity index (χ2n) is 4.88. The lowest BCUT2D eigenvalue weighted by Gasteiger charge is -2.41. The third-order valence-electron chi connectivity index (χ3n) is 3.88. The van der Waals surface area contributed by atoms with Crippen LogP contribution in [-0.4, -0.2) is 12.4 Å². The Morgan fingerprint density at radius 3 is 2.57 bits per heavy atom. The second kappa shape index (κ2) is 4.63. The molecule has 0 amide bonds. The Labute approximate surface area is 86.6 Å². The smallest absolute Gasteiger partial charge is 0.188 e. The molecule has 14 heavy (non-hydrogen) atoms. The normalized spacial score (nSPS) is 40.3. The summed E-state index contributed by atoms with van der Waals surface area (Å²) in [5, 5.41) is 11.0. The van der Waals surface area contributed by atoms with E-state index in [1.807, 2.05) is 0 Å². The molecule has 1 radical (unpaired) electrons. The molecule has 0 saturated heterocycles. The lowest BCUT2D eigenvalue weighted by Crippen LogP contribution is -2.37. The van der Waals surface area contributed by atoms with E-state index in [1.165, 1.54) is 38.5 Å². The maximum atomic E-state index is 11.0. The van der Waals surface area contributed by atoms with Crippen molar-refractivity contribution in [3.8, 4) is 0 Å². The van der Waals surface area contributed by atoms with Gasteiger partial charge >= 0.3 is 0 Å². The minimum absolute atomic E-state index is 0.279. The van der Waals surface area contributed by atoms with E-state index in [0.717, 1.165) is 12.3 Å². The molecule has 2 heteroatoms. The standard InChI is InChI=1S/C12H21O2/c1-9(13)14-12-8-4-6-10-5-2-3-7-11(10)12/h9-12H,2-8H2,1H3. The Hall–Kier alpha value is -0.0800. The van der Waals surface area contributed by atoms with Gasteiger partial charge in [0.15, 0.2) is 6.29 Å². The Bertz CT molecular complexity index is 177. The molecule has 2 saturated carbocycles. The minimum atomic E-state index is -0.833. The van der Waals surface area contributed by atoms with Gasteiger partial charge in [0.25, 0.3) is 0 Å². The fraction of sp³-hybridized carbons (Fsp3) is 1.00. The van der Waals surface area contributed by atoms with E-state index < -0.39 is 6.29 Å². The molecule has 4 atom stereocenters. The topological polar surface area (TPSA) is 29.1 Å². The molecule has 0 heterocycles. The summed E-state index contributed by atoms with van der Waals surface area (Å²) in [6.07, 6.45) is 8.60. The van der Waals surface area contributed by atoms with Gasteiger partial charge in [-0.25, -0.2) is 5.11 Å². The van der Waals surface area contributed by atoms with E-state index in [4.69, 9.17) is 4.74 Å². The van der Waals surface area contributed by atoms with Crippen LogP contribution in [0.25, 0.3) is 0 Å². The van der Waals surface area contributed by atoms with Gasteiger partial charge in [0.1, 0.15) is 0 Å². The molecule has 2 rings (SSSR count). The molecule has 4 unspecified atom stereocenters. The lowest BCUT2D eigenvalue weighted by molar-refractivity contribution is -0.187. The molecule has 0 N–H and O–H groups in total. The largest absolute Gasteiger partial charge is 0.346 e. The molecule has 0 aromatic heterocycles. The Morgan fingerprint density at radius 1 is 1.07 bits per heavy atom. The first-order valence-corrected chi connectivity index (χ1v) is 6.08. The van der Waals surface area contributed by atoms with Crippen molar-refractivity contribution >= 4 is 0 Å². The zero-order chi connectivity index (χ0) is 9.97. The molecular weight excluding hydrogens is 176 g/mol. The fourth-order valence-corrected chi connectivity index (χ4v) is 3.29. The van der Waals surface area contributed by atoms with Gasteiger partial charge in [0.05, 0.1) is 6.10 Å². The molecular formula is C12H21O2. The highest BCUT2D eigenvalue weighted by molar-refractivity contribution is 4.85. The van der Waals surface area contributed by atoms with Gasteiger partial charge in [-0.3, -0.25) is 0 Å². The molecule has 0 aromatic carbocycles. The van der Waals surface area contributed by atoms with Gasteiger partial charge in [-0.15, -0.1) is 0 Å². The van der Waals surface area contributed by atoms with Crippen LogP contribution in [-0.2, 0) is 9.84 Å². The molecule has 2 nitrogen and oxygen atoms in total. The van der Waals surface area contributed by atoms with Gasteiger partial charge in [0.2, 0.25) is 0 Å². The highest BCUT2D eigenvalue weighted by atomic mass is 16.6. The van der Waals surface area contributed by atoms with Crippen LogP contribution in [0.5, 0.6) is 0 Å². The van der Waals surface area contributed by atoms with Crippen LogP contribution < -0.4 is 0 Å². The van der Waals surface area contributed by atoms with Gasteiger partial charge in [-0.05, 0) is 38.0 Å². The summed E-state index contributed by atoms with van der Waals surface area (Å²) in [7, 11) is 0. The van der Waals surface area contributed by atoms with Crippen molar-refractivity contribution in [3.05, 3.63) is 0 Å². The number of hydrogen-bond donors (Lipinski definition) is 0. The number of hydrogen-bond acceptors (Lipinski definition) is 1. The quantitative estimate of drug-likeness (QED) is 0.625. The summed E-state index contributed by atoms with van der Waals surface area (Å²) in [6.45, 7) is 1.62. The monoisotopic (exact) mass is 197 g/mol. The average molecular weight is 197 g/mol. The van der Waals surface area contributed by atoms with Crippen LogP contribution >= 0.6 is 0 Å². The van der Waals surface area contributed by atoms with Gasteiger partial charge in [-0.1, -0.05) is 25.7 Å². The first-order chi connectivity index (χ1) is 6.77. The van der Waals surface area contributed by atoms with Crippen molar-refractivity contribution in [2.45, 2.75) is 64.3 Å². The zero-order valence-electron chi connectivity index (χ0n) is 9.08. The highest BCUT2D eigenvalue weighted by Gasteiger charge is 2.35. The van der Waals surface area contributed by atoms with Crippen LogP contribution in [0.3, 0.4) is 0 Å². The minimum Gasteiger partial charge on any atom is -0.346 e. The molecule has 2 aliphatic carbocycles. The maximum absolute atomic E-state index is 11.0. The van der Waals surface area contributed by atoms with Crippen LogP contribution in [0.1, 0.15) is 51.9 Å². The second-order valence-corrected chi connectivity index (χ2v) is 4.88. The van der Waals surface area contributed by atoms with Crippen molar-refractivity contribution in [2.75, 3.05) is 0 Å². The molecule has 81 valence electrons. The Kier molecular flexibility index (Phi) is 3.45. The van der Waals surface area contributed by atoms with Crippen LogP contribution in [0.15, 0.2) is 0 Å². The van der Waals surface area contributed by atoms with Crippen LogP contribution in [0, 0.1) is 11.8 Å². The lowest BCUT2D eigenvalue weighted by atomic mass is 9.69. The predicted octanol–water partition coefficient (Wildman–Crippen LogP) is 3.14. The molecule has 0 spiro atoms. The van der Waals surface area contributed by atoms with Crippen molar-refractivity contribution in [1.29, 1.82) is 0 Å². The molecule has 0 aliphatic heterocycles. The Balaban J connectivity index is 1.94. The van der Waals surface area contributed by atoms with E-state index in [0.29, 0.717) is 5.92 Å². The summed E-state index contributed by atoms with van der Waals surface area (Å²) >= 11 is 0. The highest BCUT2D eigenvalue weighted by Crippen LogP contribution is 2.41. The first-order valence-electron chi connectivity index (χ1n) is 6.08. The fourth-order valence-electron chi connectivity index (χ4n) is 3.29. The van der Waals surface area contributed by atoms with E-state index in [1.54, 1.807) is 6.92 Å². The summed E-state index contributed by atoms with van der Waals surface area (Å²) in [4.78, 5) is 0. The van der Waals surface area contributed by atoms with Gasteiger partial charge in [0, 0.05) is 0 Å². The summed E-state index contributed by atoms with van der Waals surface area (Å²) in [6, 6.07) is 0. The summed E-state index contributed by atoms with van der Waals surface area (Å²) < 4.78 is 5.51.